The quantitative estimate of drug-likeness (QED) is 0.792. The molecular formula is C16H26N2O2. The first-order valence-electron chi connectivity index (χ1n) is 7.22. The number of ether oxygens (including phenoxy) is 1. The van der Waals surface area contributed by atoms with Crippen LogP contribution < -0.4 is 5.32 Å². The number of rotatable bonds is 8. The van der Waals surface area contributed by atoms with Crippen LogP contribution in [0.1, 0.15) is 31.9 Å². The molecule has 1 amide bonds. The number of amides is 1. The van der Waals surface area contributed by atoms with Gasteiger partial charge in [0.15, 0.2) is 0 Å². The number of carbonyl (C=O) groups is 1. The van der Waals surface area contributed by atoms with Gasteiger partial charge in [-0.15, -0.1) is 0 Å². The van der Waals surface area contributed by atoms with E-state index in [1.807, 2.05) is 12.1 Å². The fourth-order valence-electron chi connectivity index (χ4n) is 2.01. The lowest BCUT2D eigenvalue weighted by molar-refractivity contribution is -0.130. The second-order valence-corrected chi connectivity index (χ2v) is 4.83. The standard InChI is InChI=1S/C16H26N2O2/c1-5-18(6-2)12-15-10-8-7-9-14(15)11-17-16(19)13(3)20-4/h7-10,13H,5-6,11-12H2,1-4H3,(H,17,19). The molecule has 1 aromatic carbocycles. The second-order valence-electron chi connectivity index (χ2n) is 4.83. The third-order valence-electron chi connectivity index (χ3n) is 3.58. The molecule has 0 bridgehead atoms. The number of hydrogen-bond acceptors (Lipinski definition) is 3. The fourth-order valence-corrected chi connectivity index (χ4v) is 2.01. The minimum absolute atomic E-state index is 0.0786. The van der Waals surface area contributed by atoms with E-state index in [0.29, 0.717) is 6.54 Å². The van der Waals surface area contributed by atoms with E-state index < -0.39 is 6.10 Å². The van der Waals surface area contributed by atoms with E-state index >= 15 is 0 Å². The van der Waals surface area contributed by atoms with E-state index in [1.54, 1.807) is 14.0 Å². The van der Waals surface area contributed by atoms with Gasteiger partial charge in [-0.05, 0) is 31.1 Å². The minimum atomic E-state index is -0.412. The highest BCUT2D eigenvalue weighted by molar-refractivity contribution is 5.80. The van der Waals surface area contributed by atoms with Crippen molar-refractivity contribution in [2.45, 2.75) is 40.0 Å². The van der Waals surface area contributed by atoms with Gasteiger partial charge in [-0.1, -0.05) is 38.1 Å². The van der Waals surface area contributed by atoms with E-state index in [0.717, 1.165) is 25.2 Å². The van der Waals surface area contributed by atoms with Crippen LogP contribution in [-0.4, -0.2) is 37.1 Å². The molecule has 4 heteroatoms. The number of hydrogen-bond donors (Lipinski definition) is 1. The first-order chi connectivity index (χ1) is 9.62. The van der Waals surface area contributed by atoms with Gasteiger partial charge >= 0.3 is 0 Å². The molecule has 0 radical (unpaired) electrons. The molecule has 0 aromatic heterocycles. The maximum absolute atomic E-state index is 11.7. The monoisotopic (exact) mass is 278 g/mol. The molecule has 1 rings (SSSR count). The average molecular weight is 278 g/mol. The third kappa shape index (κ3) is 4.94. The Bertz CT molecular complexity index is 417. The molecule has 0 saturated heterocycles. The van der Waals surface area contributed by atoms with Crippen molar-refractivity contribution >= 4 is 5.91 Å². The summed E-state index contributed by atoms with van der Waals surface area (Å²) in [5, 5.41) is 2.92. The number of methoxy groups -OCH3 is 1. The zero-order valence-corrected chi connectivity index (χ0v) is 13.0. The van der Waals surface area contributed by atoms with E-state index in [2.05, 4.69) is 36.2 Å². The molecular weight excluding hydrogens is 252 g/mol. The lowest BCUT2D eigenvalue weighted by atomic mass is 10.1. The summed E-state index contributed by atoms with van der Waals surface area (Å²) in [4.78, 5) is 14.1. The molecule has 112 valence electrons. The predicted molar refractivity (Wildman–Crippen MR) is 81.4 cm³/mol. The first kappa shape index (κ1) is 16.7. The molecule has 20 heavy (non-hydrogen) atoms. The molecule has 0 heterocycles. The van der Waals surface area contributed by atoms with Gasteiger partial charge in [-0.25, -0.2) is 0 Å². The van der Waals surface area contributed by atoms with Crippen LogP contribution in [0.4, 0.5) is 0 Å². The van der Waals surface area contributed by atoms with Crippen LogP contribution >= 0.6 is 0 Å². The van der Waals surface area contributed by atoms with Crippen LogP contribution in [0.15, 0.2) is 24.3 Å². The molecule has 1 aromatic rings. The number of nitrogens with one attached hydrogen (secondary N) is 1. The topological polar surface area (TPSA) is 41.6 Å². The van der Waals surface area contributed by atoms with Crippen molar-refractivity contribution in [3.05, 3.63) is 35.4 Å². The van der Waals surface area contributed by atoms with E-state index in [4.69, 9.17) is 4.74 Å². The predicted octanol–water partition coefficient (Wildman–Crippen LogP) is 2.18. The molecule has 4 nitrogen and oxygen atoms in total. The summed E-state index contributed by atoms with van der Waals surface area (Å²) in [5.74, 6) is -0.0786. The SMILES string of the molecule is CCN(CC)Cc1ccccc1CNC(=O)C(C)OC. The Balaban J connectivity index is 2.68. The minimum Gasteiger partial charge on any atom is -0.372 e. The molecule has 1 atom stereocenters. The van der Waals surface area contributed by atoms with Gasteiger partial charge in [-0.3, -0.25) is 9.69 Å². The maximum atomic E-state index is 11.7. The van der Waals surface area contributed by atoms with Gasteiger partial charge in [0.05, 0.1) is 0 Å². The number of benzene rings is 1. The molecule has 1 unspecified atom stereocenters. The highest BCUT2D eigenvalue weighted by atomic mass is 16.5. The molecule has 0 aliphatic carbocycles. The third-order valence-corrected chi connectivity index (χ3v) is 3.58. The summed E-state index contributed by atoms with van der Waals surface area (Å²) in [6.07, 6.45) is -0.412. The van der Waals surface area contributed by atoms with Crippen LogP contribution in [0.2, 0.25) is 0 Å². The van der Waals surface area contributed by atoms with Crippen molar-refractivity contribution in [3.8, 4) is 0 Å². The van der Waals surface area contributed by atoms with Gasteiger partial charge in [0.2, 0.25) is 5.91 Å². The maximum Gasteiger partial charge on any atom is 0.249 e. The molecule has 0 saturated carbocycles. The summed E-state index contributed by atoms with van der Waals surface area (Å²) in [5.41, 5.74) is 2.43. The van der Waals surface area contributed by atoms with Crippen LogP contribution in [-0.2, 0) is 22.6 Å². The Morgan fingerprint density at radius 3 is 2.40 bits per heavy atom. The Morgan fingerprint density at radius 2 is 1.85 bits per heavy atom. The molecule has 0 aliphatic heterocycles. The summed E-state index contributed by atoms with van der Waals surface area (Å²) in [6, 6.07) is 8.24. The lowest BCUT2D eigenvalue weighted by Crippen LogP contribution is -2.33. The molecule has 1 N–H and O–H groups in total. The summed E-state index contributed by atoms with van der Waals surface area (Å²) >= 11 is 0. The Morgan fingerprint density at radius 1 is 1.25 bits per heavy atom. The summed E-state index contributed by atoms with van der Waals surface area (Å²) in [7, 11) is 1.54. The largest absolute Gasteiger partial charge is 0.372 e. The van der Waals surface area contributed by atoms with E-state index in [9.17, 15) is 4.79 Å². The lowest BCUT2D eigenvalue weighted by Gasteiger charge is -2.20. The first-order valence-corrected chi connectivity index (χ1v) is 7.22. The van der Waals surface area contributed by atoms with Crippen molar-refractivity contribution in [2.75, 3.05) is 20.2 Å². The van der Waals surface area contributed by atoms with Crippen LogP contribution in [0.3, 0.4) is 0 Å². The Hall–Kier alpha value is -1.39. The van der Waals surface area contributed by atoms with Crippen molar-refractivity contribution < 1.29 is 9.53 Å². The second kappa shape index (κ2) is 8.72. The van der Waals surface area contributed by atoms with Gasteiger partial charge in [0, 0.05) is 20.2 Å². The van der Waals surface area contributed by atoms with Crippen molar-refractivity contribution in [1.29, 1.82) is 0 Å². The Labute approximate surface area is 122 Å². The van der Waals surface area contributed by atoms with Gasteiger partial charge in [-0.2, -0.15) is 0 Å². The summed E-state index contributed by atoms with van der Waals surface area (Å²) < 4.78 is 5.01. The Kier molecular flexibility index (Phi) is 7.26. The fraction of sp³-hybridized carbons (Fsp3) is 0.562. The van der Waals surface area contributed by atoms with E-state index in [1.165, 1.54) is 5.56 Å². The van der Waals surface area contributed by atoms with Crippen molar-refractivity contribution in [1.82, 2.24) is 10.2 Å². The normalized spacial score (nSPS) is 12.4. The van der Waals surface area contributed by atoms with Crippen molar-refractivity contribution in [2.24, 2.45) is 0 Å². The zero-order valence-electron chi connectivity index (χ0n) is 13.0. The highest BCUT2D eigenvalue weighted by Crippen LogP contribution is 2.11. The molecule has 0 fully saturated rings. The van der Waals surface area contributed by atoms with E-state index in [-0.39, 0.29) is 5.91 Å². The van der Waals surface area contributed by atoms with Crippen molar-refractivity contribution in [3.63, 3.8) is 0 Å². The van der Waals surface area contributed by atoms with Crippen LogP contribution in [0, 0.1) is 0 Å². The smallest absolute Gasteiger partial charge is 0.249 e. The number of nitrogens with zero attached hydrogens (tertiary/aromatic N) is 1. The number of carbonyl (C=O) groups excluding carboxylic acids is 1. The molecule has 0 aliphatic rings. The average Bonchev–Trinajstić information content (AvgIpc) is 2.50. The molecule has 0 spiro atoms. The van der Waals surface area contributed by atoms with Gasteiger partial charge in [0.1, 0.15) is 6.10 Å². The van der Waals surface area contributed by atoms with Crippen LogP contribution in [0.5, 0.6) is 0 Å². The zero-order chi connectivity index (χ0) is 15.0. The van der Waals surface area contributed by atoms with Gasteiger partial charge in [0.25, 0.3) is 0 Å². The summed E-state index contributed by atoms with van der Waals surface area (Å²) in [6.45, 7) is 9.58. The van der Waals surface area contributed by atoms with Crippen LogP contribution in [0.25, 0.3) is 0 Å². The van der Waals surface area contributed by atoms with Gasteiger partial charge < -0.3 is 10.1 Å². The highest BCUT2D eigenvalue weighted by Gasteiger charge is 2.12.